The number of halogens is 4. The molecule has 0 aromatic carbocycles. The Morgan fingerprint density at radius 2 is 1.85 bits per heavy atom. The number of nitrogens with zero attached hydrogens (tertiary/aromatic N) is 3. The van der Waals surface area contributed by atoms with Gasteiger partial charge in [-0.1, -0.05) is 0 Å². The highest BCUT2D eigenvalue weighted by Crippen LogP contribution is 2.42. The second-order valence-corrected chi connectivity index (χ2v) is 10.1. The zero-order valence-electron chi connectivity index (χ0n) is 18.7. The van der Waals surface area contributed by atoms with E-state index in [0.29, 0.717) is 24.2 Å². The van der Waals surface area contributed by atoms with Crippen LogP contribution >= 0.6 is 0 Å². The molecule has 7 nitrogen and oxygen atoms in total. The van der Waals surface area contributed by atoms with Crippen LogP contribution in [0.15, 0.2) is 18.5 Å². The van der Waals surface area contributed by atoms with Crippen molar-refractivity contribution in [2.75, 3.05) is 6.61 Å². The van der Waals surface area contributed by atoms with Gasteiger partial charge >= 0.3 is 0 Å². The van der Waals surface area contributed by atoms with Gasteiger partial charge in [0, 0.05) is 25.7 Å². The number of amides is 1. The average molecular weight is 484 g/mol. The quantitative estimate of drug-likeness (QED) is 0.555. The molecule has 3 aliphatic rings. The topological polar surface area (TPSA) is 94.5 Å². The minimum absolute atomic E-state index is 0.0573. The highest BCUT2D eigenvalue weighted by atomic mass is 19.3. The summed E-state index contributed by atoms with van der Waals surface area (Å²) in [5.41, 5.74) is 8.34. The van der Waals surface area contributed by atoms with Crippen LogP contribution in [0.2, 0.25) is 0 Å². The second-order valence-electron chi connectivity index (χ2n) is 10.1. The monoisotopic (exact) mass is 483 g/mol. The summed E-state index contributed by atoms with van der Waals surface area (Å²) in [5.74, 6) is -5.44. The normalized spacial score (nSPS) is 24.5. The third kappa shape index (κ3) is 5.19. The second kappa shape index (κ2) is 8.75. The predicted octanol–water partition coefficient (Wildman–Crippen LogP) is 3.94. The van der Waals surface area contributed by atoms with Crippen molar-refractivity contribution in [1.82, 2.24) is 19.9 Å². The Hall–Kier alpha value is -2.27. The number of carbonyl (C=O) groups is 1. The molecule has 3 aliphatic carbocycles. The summed E-state index contributed by atoms with van der Waals surface area (Å²) in [4.78, 5) is 17.0. The molecule has 2 aromatic rings. The van der Waals surface area contributed by atoms with E-state index in [0.717, 1.165) is 18.4 Å². The molecule has 0 radical (unpaired) electrons. The number of alkyl halides is 4. The van der Waals surface area contributed by atoms with Crippen LogP contribution < -0.4 is 11.1 Å². The zero-order valence-corrected chi connectivity index (χ0v) is 18.7. The fourth-order valence-corrected chi connectivity index (χ4v) is 4.94. The van der Waals surface area contributed by atoms with Gasteiger partial charge in [0.05, 0.1) is 36.3 Å². The van der Waals surface area contributed by atoms with Crippen molar-refractivity contribution in [1.29, 1.82) is 0 Å². The molecule has 2 atom stereocenters. The van der Waals surface area contributed by atoms with Crippen LogP contribution in [0, 0.1) is 11.8 Å². The molecule has 0 aliphatic heterocycles. The Kier molecular flexibility index (Phi) is 6.04. The Bertz CT molecular complexity index is 1040. The number of hydrogen-bond donors (Lipinski definition) is 2. The minimum atomic E-state index is -2.69. The molecular weight excluding hydrogens is 454 g/mol. The number of nitrogens with two attached hydrogens (primary N) is 1. The molecule has 11 heteroatoms. The van der Waals surface area contributed by atoms with Crippen molar-refractivity contribution in [3.63, 3.8) is 0 Å². The molecule has 0 spiro atoms. The summed E-state index contributed by atoms with van der Waals surface area (Å²) in [6.07, 6.45) is 4.44. The van der Waals surface area contributed by atoms with E-state index in [1.54, 1.807) is 16.9 Å². The smallest absolute Gasteiger partial charge is 0.253 e. The maximum atomic E-state index is 13.5. The molecule has 2 heterocycles. The summed E-state index contributed by atoms with van der Waals surface area (Å²) in [6, 6.07) is 1.12. The maximum absolute atomic E-state index is 13.5. The lowest BCUT2D eigenvalue weighted by atomic mass is 9.81. The third-order valence-corrected chi connectivity index (χ3v) is 7.24. The van der Waals surface area contributed by atoms with Crippen LogP contribution in [0.5, 0.6) is 0 Å². The molecule has 3 fully saturated rings. The highest BCUT2D eigenvalue weighted by molar-refractivity contribution is 5.77. The lowest BCUT2D eigenvalue weighted by Gasteiger charge is -2.34. The van der Waals surface area contributed by atoms with E-state index in [1.807, 2.05) is 6.07 Å². The van der Waals surface area contributed by atoms with Crippen molar-refractivity contribution in [3.05, 3.63) is 29.7 Å². The molecule has 3 N–H and O–H groups in total. The first kappa shape index (κ1) is 23.5. The minimum Gasteiger partial charge on any atom is -0.368 e. The van der Waals surface area contributed by atoms with Crippen molar-refractivity contribution < 1.29 is 27.1 Å². The van der Waals surface area contributed by atoms with Gasteiger partial charge in [0.1, 0.15) is 6.61 Å². The molecule has 0 bridgehead atoms. The fraction of sp³-hybridized carbons (Fsp3) is 0.696. The lowest BCUT2D eigenvalue weighted by molar-refractivity contribution is -0.170. The molecule has 2 unspecified atom stereocenters. The van der Waals surface area contributed by atoms with E-state index < -0.39 is 24.0 Å². The summed E-state index contributed by atoms with van der Waals surface area (Å²) in [5, 5.41) is 7.37. The third-order valence-electron chi connectivity index (χ3n) is 7.24. The molecule has 186 valence electrons. The van der Waals surface area contributed by atoms with Crippen LogP contribution in [0.25, 0.3) is 5.65 Å². The molecule has 2 aromatic heterocycles. The van der Waals surface area contributed by atoms with Crippen molar-refractivity contribution >= 4 is 11.6 Å². The largest absolute Gasteiger partial charge is 0.368 e. The SMILES string of the molecule is NC(c1cn2ncc(C(NC(=O)COC3CC(F)(F)C3)C3CC3)cc2n1)C1CCC(F)(F)CC1. The Balaban J connectivity index is 1.24. The van der Waals surface area contributed by atoms with Gasteiger partial charge in [-0.05, 0) is 49.1 Å². The van der Waals surface area contributed by atoms with Gasteiger partial charge < -0.3 is 15.8 Å². The Labute approximate surface area is 194 Å². The van der Waals surface area contributed by atoms with E-state index in [1.165, 1.54) is 0 Å². The van der Waals surface area contributed by atoms with Gasteiger partial charge in [0.2, 0.25) is 11.8 Å². The number of rotatable bonds is 8. The summed E-state index contributed by atoms with van der Waals surface area (Å²) >= 11 is 0. The number of hydrogen-bond acceptors (Lipinski definition) is 5. The Morgan fingerprint density at radius 3 is 2.50 bits per heavy atom. The first-order valence-electron chi connectivity index (χ1n) is 11.9. The lowest BCUT2D eigenvalue weighted by Crippen LogP contribution is -2.43. The average Bonchev–Trinajstić information content (AvgIpc) is 3.51. The zero-order chi connectivity index (χ0) is 24.1. The summed E-state index contributed by atoms with van der Waals surface area (Å²) < 4.78 is 59.8. The summed E-state index contributed by atoms with van der Waals surface area (Å²) in [7, 11) is 0. The van der Waals surface area contributed by atoms with Gasteiger partial charge in [-0.2, -0.15) is 5.10 Å². The van der Waals surface area contributed by atoms with E-state index in [2.05, 4.69) is 15.4 Å². The molecule has 34 heavy (non-hydrogen) atoms. The van der Waals surface area contributed by atoms with Crippen molar-refractivity contribution in [2.24, 2.45) is 17.6 Å². The standard InChI is InChI=1S/C23H29F4N5O2/c24-22(25)5-3-13(4-6-22)20(28)17-11-32-18(30-17)7-15(10-29-32)21(14-1-2-14)31-19(33)12-34-16-8-23(26,27)9-16/h7,10-11,13-14,16,20-21H,1-6,8-9,12,28H2,(H,31,33). The highest BCUT2D eigenvalue weighted by Gasteiger charge is 2.46. The molecule has 3 saturated carbocycles. The molecule has 0 saturated heterocycles. The molecule has 5 rings (SSSR count). The number of nitrogens with one attached hydrogen (secondary N) is 1. The van der Waals surface area contributed by atoms with Crippen LogP contribution in [0.4, 0.5) is 17.6 Å². The van der Waals surface area contributed by atoms with Crippen LogP contribution in [0.3, 0.4) is 0 Å². The summed E-state index contributed by atoms with van der Waals surface area (Å²) in [6.45, 7) is -0.261. The number of aromatic nitrogens is 3. The molecular formula is C23H29F4N5O2. The van der Waals surface area contributed by atoms with Crippen LogP contribution in [0.1, 0.15) is 74.7 Å². The van der Waals surface area contributed by atoms with Gasteiger partial charge in [0.15, 0.2) is 5.65 Å². The van der Waals surface area contributed by atoms with Gasteiger partial charge in [-0.3, -0.25) is 4.79 Å². The van der Waals surface area contributed by atoms with Gasteiger partial charge in [0.25, 0.3) is 5.92 Å². The first-order valence-corrected chi connectivity index (χ1v) is 11.9. The molecule has 1 amide bonds. The number of imidazole rings is 1. The fourth-order valence-electron chi connectivity index (χ4n) is 4.94. The van der Waals surface area contributed by atoms with Gasteiger partial charge in [-0.25, -0.2) is 27.1 Å². The van der Waals surface area contributed by atoms with E-state index in [4.69, 9.17) is 10.5 Å². The maximum Gasteiger partial charge on any atom is 0.253 e. The van der Waals surface area contributed by atoms with Crippen LogP contribution in [-0.2, 0) is 9.53 Å². The predicted molar refractivity (Wildman–Crippen MR) is 114 cm³/mol. The van der Waals surface area contributed by atoms with E-state index in [9.17, 15) is 22.4 Å². The van der Waals surface area contributed by atoms with Crippen LogP contribution in [-0.4, -0.2) is 45.1 Å². The number of ether oxygens (including phenoxy) is 1. The number of fused-ring (bicyclic) bond motifs is 1. The van der Waals surface area contributed by atoms with Crippen molar-refractivity contribution in [3.8, 4) is 0 Å². The Morgan fingerprint density at radius 1 is 1.15 bits per heavy atom. The number of carbonyl (C=O) groups excluding carboxylic acids is 1. The van der Waals surface area contributed by atoms with E-state index in [-0.39, 0.29) is 56.1 Å². The first-order chi connectivity index (χ1) is 16.1. The van der Waals surface area contributed by atoms with Gasteiger partial charge in [-0.15, -0.1) is 0 Å². The van der Waals surface area contributed by atoms with Crippen molar-refractivity contribution in [2.45, 2.75) is 81.4 Å². The van der Waals surface area contributed by atoms with E-state index >= 15 is 0 Å².